The van der Waals surface area contributed by atoms with Crippen LogP contribution in [0.2, 0.25) is 0 Å². The average molecular weight is 1480 g/mol. The number of nitrogens with one attached hydrogen (secondary N) is 11. The molecule has 5 rings (SSSR count). The Labute approximate surface area is 607 Å². The van der Waals surface area contributed by atoms with Crippen LogP contribution in [-0.4, -0.2) is 279 Å². The van der Waals surface area contributed by atoms with Crippen molar-refractivity contribution in [2.45, 2.75) is 216 Å². The number of unbranched alkanes of at least 4 members (excludes halogenated alkanes) is 1. The fraction of sp³-hybridized carbons (Fsp3) is 0.672. The molecule has 1 aromatic carbocycles. The number of aliphatic hydroxyl groups excluding tert-OH is 4. The van der Waals surface area contributed by atoms with Gasteiger partial charge in [0.25, 0.3) is 0 Å². The number of fused-ring (bicyclic) bond motifs is 3. The van der Waals surface area contributed by atoms with E-state index in [0.29, 0.717) is 31.2 Å². The summed E-state index contributed by atoms with van der Waals surface area (Å²) in [6, 6.07) is -12.1. The van der Waals surface area contributed by atoms with Gasteiger partial charge in [0.2, 0.25) is 82.7 Å². The van der Waals surface area contributed by atoms with Crippen molar-refractivity contribution < 1.29 is 97.5 Å². The fourth-order valence-corrected chi connectivity index (χ4v) is 12.7. The van der Waals surface area contributed by atoms with E-state index in [1.54, 1.807) is 58.0 Å². The molecule has 0 bridgehead atoms. The first kappa shape index (κ1) is 86.0. The van der Waals surface area contributed by atoms with Crippen LogP contribution in [0.15, 0.2) is 35.3 Å². The highest BCUT2D eigenvalue weighted by atomic mass is 16.4. The van der Waals surface area contributed by atoms with Gasteiger partial charge in [-0.3, -0.25) is 76.9 Å². The van der Waals surface area contributed by atoms with Gasteiger partial charge in [-0.2, -0.15) is 0 Å². The third-order valence-electron chi connectivity index (χ3n) is 19.1. The maximum atomic E-state index is 14.8. The molecule has 105 heavy (non-hydrogen) atoms. The maximum absolute atomic E-state index is 14.8. The second kappa shape index (κ2) is 42.3. The Hall–Kier alpha value is -9.66. The molecule has 0 spiro atoms. The summed E-state index contributed by atoms with van der Waals surface area (Å²) in [4.78, 5) is 220. The van der Waals surface area contributed by atoms with E-state index in [2.05, 4.69) is 63.5 Å². The van der Waals surface area contributed by atoms with Gasteiger partial charge in [0.15, 0.2) is 5.96 Å². The number of nitrogens with two attached hydrogens (primary N) is 3. The van der Waals surface area contributed by atoms with Crippen LogP contribution in [0.5, 0.6) is 0 Å². The van der Waals surface area contributed by atoms with Crippen molar-refractivity contribution >= 4 is 94.6 Å². The topological polar surface area (TPSA) is 590 Å². The molecular formula is C67H106N18O20. The second-order valence-corrected chi connectivity index (χ2v) is 26.8. The molecule has 38 nitrogen and oxygen atoms in total. The zero-order chi connectivity index (χ0) is 77.8. The largest absolute Gasteiger partial charge is 0.481 e. The SMILES string of the molecule is CC[C@H](C)[C@@H]1NC(=O)[C@@H]2CCCN2C(=O)[C@@H]2CCCN2C(=O)[C@H]([C@@H](C)CC)NC(=O)[C@H](CO)NC(=O)[C@H](CCCCN)NC(=O)[C@H]([C@@H](C)O)NC(=O)[C@H](CO)NC(=O)[C@H](CCCN=C(N)N)NC(=O)CNC(=O)[C@H](CC(=O)O)NC(=O)[C@H]2CCCN2C(=O)[C@H](Cc2ccccc2)NC(=O)[C@H](CO)NC1=O. The number of carbonyl (C=O) groups excluding carboxylic acids is 14. The molecule has 0 saturated carbocycles. The van der Waals surface area contributed by atoms with Gasteiger partial charge in [-0.1, -0.05) is 70.9 Å². The predicted molar refractivity (Wildman–Crippen MR) is 374 cm³/mol. The van der Waals surface area contributed by atoms with E-state index in [1.165, 1.54) is 9.80 Å². The number of hydrogen-bond acceptors (Lipinski definition) is 21. The van der Waals surface area contributed by atoms with Gasteiger partial charge in [-0.05, 0) is 101 Å². The molecule has 4 aliphatic rings. The summed E-state index contributed by atoms with van der Waals surface area (Å²) in [6.07, 6.45) is -1.31. The molecule has 4 aliphatic heterocycles. The van der Waals surface area contributed by atoms with Crippen molar-refractivity contribution in [2.24, 2.45) is 34.0 Å². The number of carbonyl (C=O) groups is 15. The Balaban J connectivity index is 1.53. The van der Waals surface area contributed by atoms with Gasteiger partial charge < -0.3 is 116 Å². The number of amides is 14. The van der Waals surface area contributed by atoms with Crippen LogP contribution in [-0.2, 0) is 78.3 Å². The summed E-state index contributed by atoms with van der Waals surface area (Å²) >= 11 is 0. The third kappa shape index (κ3) is 25.0. The zero-order valence-corrected chi connectivity index (χ0v) is 60.0. The highest BCUT2D eigenvalue weighted by molar-refractivity contribution is 6.01. The summed E-state index contributed by atoms with van der Waals surface area (Å²) in [5.41, 5.74) is 17.2. The highest BCUT2D eigenvalue weighted by Gasteiger charge is 2.47. The number of nitrogens with zero attached hydrogens (tertiary/aromatic N) is 4. The Morgan fingerprint density at radius 2 is 0.924 bits per heavy atom. The van der Waals surface area contributed by atoms with Crippen LogP contribution in [0.25, 0.3) is 0 Å². The molecule has 22 N–H and O–H groups in total. The first-order valence-corrected chi connectivity index (χ1v) is 35.7. The quantitative estimate of drug-likeness (QED) is 0.0328. The standard InChI is InChI=1S/C67H106N18O20/c1-6-35(3)51-62(101)79-43(32-86)57(96)76-42(29-38-17-9-8-10-18-38)64(103)83-26-14-21-46(83)60(99)75-41(30-50(91)92)54(93)72-31-49(90)73-39(20-13-25-71-67(69)70)55(94)77-45(34-88)59(98)82-53(37(5)89)63(102)74-40(19-11-12-24-68)56(95)78-44(33-87)58(97)81-52(36(4)7-2)66(105)85-28-16-23-48(85)65(104)84-27-15-22-47(84)61(100)80-51/h8-10,17-18,35-37,39-48,51-53,86-89H,6-7,11-16,19-34,68H2,1-5H3,(H,72,93)(H,73,90)(H,74,102)(H,75,99)(H,76,96)(H,77,94)(H,78,95)(H,79,101)(H,80,100)(H,81,97)(H,82,98)(H,91,92)(H4,69,70,71)/t35-,36-,37+,39-,40-,41-,42-,43-,44-,45-,46+,47-,48-,51-,52-,53-/m0/s1. The molecule has 16 atom stereocenters. The Kier molecular flexibility index (Phi) is 34.7. The van der Waals surface area contributed by atoms with Crippen LogP contribution in [0, 0.1) is 11.8 Å². The number of rotatable bonds is 20. The number of aliphatic carboxylic acids is 1. The lowest BCUT2D eigenvalue weighted by Gasteiger charge is -2.35. The molecule has 0 radical (unpaired) electrons. The normalized spacial score (nSPS) is 27.9. The van der Waals surface area contributed by atoms with E-state index < -0.39 is 218 Å². The van der Waals surface area contributed by atoms with E-state index in [9.17, 15) is 97.5 Å². The minimum Gasteiger partial charge on any atom is -0.481 e. The zero-order valence-electron chi connectivity index (χ0n) is 60.0. The summed E-state index contributed by atoms with van der Waals surface area (Å²) in [6.45, 7) is 3.70. The molecule has 584 valence electrons. The van der Waals surface area contributed by atoms with Gasteiger partial charge in [0.05, 0.1) is 38.9 Å². The molecule has 0 aromatic heterocycles. The van der Waals surface area contributed by atoms with Crippen molar-refractivity contribution in [1.29, 1.82) is 0 Å². The van der Waals surface area contributed by atoms with E-state index in [0.717, 1.165) is 11.8 Å². The number of benzene rings is 1. The average Bonchev–Trinajstić information content (AvgIpc) is 1.50. The minimum absolute atomic E-state index is 0.0257. The fourth-order valence-electron chi connectivity index (χ4n) is 12.7. The van der Waals surface area contributed by atoms with Crippen molar-refractivity contribution in [3.05, 3.63) is 35.9 Å². The lowest BCUT2D eigenvalue weighted by molar-refractivity contribution is -0.149. The maximum Gasteiger partial charge on any atom is 0.305 e. The molecule has 4 fully saturated rings. The number of aliphatic hydroxyl groups is 4. The molecule has 4 saturated heterocycles. The summed E-state index contributed by atoms with van der Waals surface area (Å²) < 4.78 is 0. The van der Waals surface area contributed by atoms with Gasteiger partial charge >= 0.3 is 5.97 Å². The summed E-state index contributed by atoms with van der Waals surface area (Å²) in [7, 11) is 0. The monoisotopic (exact) mass is 1480 g/mol. The minimum atomic E-state index is -1.93. The van der Waals surface area contributed by atoms with Crippen molar-refractivity contribution in [3.8, 4) is 0 Å². The Morgan fingerprint density at radius 3 is 1.45 bits per heavy atom. The van der Waals surface area contributed by atoms with Crippen LogP contribution in [0.4, 0.5) is 0 Å². The molecule has 0 unspecified atom stereocenters. The number of carboxylic acid groups (broad SMARTS) is 1. The molecule has 0 aliphatic carbocycles. The van der Waals surface area contributed by atoms with Crippen LogP contribution < -0.4 is 75.7 Å². The van der Waals surface area contributed by atoms with Crippen LogP contribution >= 0.6 is 0 Å². The van der Waals surface area contributed by atoms with Crippen LogP contribution in [0.1, 0.15) is 130 Å². The predicted octanol–water partition coefficient (Wildman–Crippen LogP) is -7.71. The summed E-state index contributed by atoms with van der Waals surface area (Å²) in [5.74, 6) is -17.1. The van der Waals surface area contributed by atoms with E-state index in [1.807, 2.05) is 0 Å². The number of hydrogen-bond donors (Lipinski definition) is 19. The molecule has 4 heterocycles. The smallest absolute Gasteiger partial charge is 0.305 e. The van der Waals surface area contributed by atoms with Crippen molar-refractivity contribution in [3.63, 3.8) is 0 Å². The van der Waals surface area contributed by atoms with E-state index in [-0.39, 0.29) is 103 Å². The van der Waals surface area contributed by atoms with Crippen LogP contribution in [0.3, 0.4) is 0 Å². The van der Waals surface area contributed by atoms with E-state index >= 15 is 0 Å². The Morgan fingerprint density at radius 1 is 0.495 bits per heavy atom. The van der Waals surface area contributed by atoms with Gasteiger partial charge in [-0.25, -0.2) is 0 Å². The first-order chi connectivity index (χ1) is 49.9. The van der Waals surface area contributed by atoms with Gasteiger partial charge in [-0.15, -0.1) is 0 Å². The lowest BCUT2D eigenvalue weighted by atomic mass is 9.96. The van der Waals surface area contributed by atoms with Gasteiger partial charge in [0.1, 0.15) is 78.5 Å². The highest BCUT2D eigenvalue weighted by Crippen LogP contribution is 2.28. The van der Waals surface area contributed by atoms with Crippen molar-refractivity contribution in [2.75, 3.05) is 59.1 Å². The first-order valence-electron chi connectivity index (χ1n) is 35.7. The molecule has 14 amide bonds. The lowest BCUT2D eigenvalue weighted by Crippen LogP contribution is -2.63. The third-order valence-corrected chi connectivity index (χ3v) is 19.1. The summed E-state index contributed by atoms with van der Waals surface area (Å²) in [5, 5.41) is 79.3. The van der Waals surface area contributed by atoms with E-state index in [4.69, 9.17) is 17.2 Å². The van der Waals surface area contributed by atoms with Gasteiger partial charge in [0, 0.05) is 32.6 Å². The molecule has 38 heteroatoms. The van der Waals surface area contributed by atoms with Crippen molar-refractivity contribution in [1.82, 2.24) is 73.2 Å². The second-order valence-electron chi connectivity index (χ2n) is 26.8. The number of aliphatic imine (C=N–C) groups is 1. The molecule has 1 aromatic rings. The number of guanidine groups is 1. The molecular weight excluding hydrogens is 1380 g/mol. The Bertz CT molecular complexity index is 3250. The number of carboxylic acids is 1.